The fourth-order valence-electron chi connectivity index (χ4n) is 3.35. The topological polar surface area (TPSA) is 95.8 Å². The van der Waals surface area contributed by atoms with E-state index in [1.807, 2.05) is 13.8 Å². The normalized spacial score (nSPS) is 20.6. The molecule has 2 aromatic rings. The van der Waals surface area contributed by atoms with Gasteiger partial charge < -0.3 is 18.8 Å². The molecular formula is C17H24N4O4. The van der Waals surface area contributed by atoms with E-state index in [0.717, 1.165) is 0 Å². The smallest absolute Gasteiger partial charge is 0.257 e. The largest absolute Gasteiger partial charge is 0.466 e. The molecule has 1 unspecified atom stereocenters. The zero-order valence-electron chi connectivity index (χ0n) is 15.0. The fourth-order valence-corrected chi connectivity index (χ4v) is 3.35. The maximum atomic E-state index is 12.7. The van der Waals surface area contributed by atoms with Crippen molar-refractivity contribution < 1.29 is 18.7 Å². The van der Waals surface area contributed by atoms with E-state index in [9.17, 15) is 9.90 Å². The molecule has 1 saturated heterocycles. The third-order valence-electron chi connectivity index (χ3n) is 4.60. The van der Waals surface area contributed by atoms with Gasteiger partial charge in [0.1, 0.15) is 11.5 Å². The molecular weight excluding hydrogens is 324 g/mol. The number of β-amino-alcohol motifs (C(OH)–C–C–N with tert-alkyl or cyclic N) is 1. The third kappa shape index (κ3) is 3.59. The number of aliphatic hydroxyl groups is 1. The molecule has 1 aliphatic rings. The molecule has 1 aliphatic heterocycles. The summed E-state index contributed by atoms with van der Waals surface area (Å²) in [5, 5.41) is 18.3. The van der Waals surface area contributed by atoms with Crippen LogP contribution in [-0.2, 0) is 6.54 Å². The first-order valence-electron chi connectivity index (χ1n) is 8.46. The molecule has 2 atom stereocenters. The standard InChI is InChI=1S/C17H24N4O4/c1-5-20(9-16-19-18-12(4)25-16)14-7-21(8-15(14)22)17(23)13-6-10(2)24-11(13)3/h6,14-15,22H,5,7-9H2,1-4H3/t14?,15-/m1/s1. The van der Waals surface area contributed by atoms with E-state index < -0.39 is 6.10 Å². The van der Waals surface area contributed by atoms with Crippen molar-refractivity contribution in [1.29, 1.82) is 0 Å². The lowest BCUT2D eigenvalue weighted by Crippen LogP contribution is -2.43. The van der Waals surface area contributed by atoms with Crippen LogP contribution in [0.15, 0.2) is 14.9 Å². The Kier molecular flexibility index (Phi) is 4.91. The summed E-state index contributed by atoms with van der Waals surface area (Å²) in [7, 11) is 0. The number of furan rings is 1. The SMILES string of the molecule is CCN(Cc1nnc(C)o1)C1CN(C(=O)c2cc(C)oc2C)C[C@H]1O. The highest BCUT2D eigenvalue weighted by atomic mass is 16.4. The van der Waals surface area contributed by atoms with Crippen molar-refractivity contribution in [2.24, 2.45) is 0 Å². The van der Waals surface area contributed by atoms with E-state index in [0.29, 0.717) is 55.0 Å². The van der Waals surface area contributed by atoms with E-state index in [1.54, 1.807) is 24.8 Å². The number of hydrogen-bond donors (Lipinski definition) is 1. The van der Waals surface area contributed by atoms with Crippen molar-refractivity contribution in [3.63, 3.8) is 0 Å². The highest BCUT2D eigenvalue weighted by Crippen LogP contribution is 2.23. The number of rotatable bonds is 5. The van der Waals surface area contributed by atoms with E-state index in [4.69, 9.17) is 8.83 Å². The number of likely N-dealkylation sites (tertiary alicyclic amines) is 1. The van der Waals surface area contributed by atoms with Crippen LogP contribution < -0.4 is 0 Å². The molecule has 0 aliphatic carbocycles. The van der Waals surface area contributed by atoms with Gasteiger partial charge in [-0.3, -0.25) is 9.69 Å². The van der Waals surface area contributed by atoms with Gasteiger partial charge in [0, 0.05) is 20.0 Å². The Morgan fingerprint density at radius 2 is 2.08 bits per heavy atom. The summed E-state index contributed by atoms with van der Waals surface area (Å²) < 4.78 is 10.9. The van der Waals surface area contributed by atoms with Gasteiger partial charge in [0.25, 0.3) is 5.91 Å². The first-order valence-corrected chi connectivity index (χ1v) is 8.46. The zero-order valence-corrected chi connectivity index (χ0v) is 15.0. The molecule has 3 rings (SSSR count). The van der Waals surface area contributed by atoms with Crippen LogP contribution in [0.1, 0.15) is 40.6 Å². The summed E-state index contributed by atoms with van der Waals surface area (Å²) in [6.07, 6.45) is -0.624. The van der Waals surface area contributed by atoms with Crippen molar-refractivity contribution in [3.8, 4) is 0 Å². The number of likely N-dealkylation sites (N-methyl/N-ethyl adjacent to an activating group) is 1. The van der Waals surface area contributed by atoms with Gasteiger partial charge in [0.2, 0.25) is 11.8 Å². The molecule has 136 valence electrons. The second kappa shape index (κ2) is 6.97. The van der Waals surface area contributed by atoms with E-state index in [1.165, 1.54) is 0 Å². The van der Waals surface area contributed by atoms with Gasteiger partial charge in [-0.05, 0) is 26.5 Å². The first kappa shape index (κ1) is 17.6. The Hall–Kier alpha value is -2.19. The highest BCUT2D eigenvalue weighted by molar-refractivity contribution is 5.95. The molecule has 0 spiro atoms. The van der Waals surface area contributed by atoms with Crippen LogP contribution in [0.2, 0.25) is 0 Å². The number of carbonyl (C=O) groups is 1. The average molecular weight is 348 g/mol. The van der Waals surface area contributed by atoms with E-state index in [-0.39, 0.29) is 11.9 Å². The minimum absolute atomic E-state index is 0.111. The maximum absolute atomic E-state index is 12.7. The Balaban J connectivity index is 1.71. The lowest BCUT2D eigenvalue weighted by atomic mass is 10.2. The predicted octanol–water partition coefficient (Wildman–Crippen LogP) is 1.30. The number of amides is 1. The number of carbonyl (C=O) groups excluding carboxylic acids is 1. The molecule has 0 radical (unpaired) electrons. The predicted molar refractivity (Wildman–Crippen MR) is 89.0 cm³/mol. The van der Waals surface area contributed by atoms with Crippen molar-refractivity contribution in [2.45, 2.75) is 46.4 Å². The Bertz CT molecular complexity index is 754. The van der Waals surface area contributed by atoms with Crippen molar-refractivity contribution in [3.05, 3.63) is 34.9 Å². The second-order valence-corrected chi connectivity index (χ2v) is 6.45. The molecule has 0 saturated carbocycles. The Labute approximate surface area is 146 Å². The van der Waals surface area contributed by atoms with Gasteiger partial charge >= 0.3 is 0 Å². The third-order valence-corrected chi connectivity index (χ3v) is 4.60. The summed E-state index contributed by atoms with van der Waals surface area (Å²) in [6.45, 7) is 9.24. The van der Waals surface area contributed by atoms with Crippen molar-refractivity contribution in [2.75, 3.05) is 19.6 Å². The summed E-state index contributed by atoms with van der Waals surface area (Å²) in [4.78, 5) is 16.5. The lowest BCUT2D eigenvalue weighted by Gasteiger charge is -2.27. The number of aromatic nitrogens is 2. The minimum Gasteiger partial charge on any atom is -0.466 e. The molecule has 8 nitrogen and oxygen atoms in total. The van der Waals surface area contributed by atoms with Gasteiger partial charge in [-0.15, -0.1) is 10.2 Å². The maximum Gasteiger partial charge on any atom is 0.257 e. The molecule has 0 bridgehead atoms. The molecule has 25 heavy (non-hydrogen) atoms. The fraction of sp³-hybridized carbons (Fsp3) is 0.588. The average Bonchev–Trinajstić information content (AvgIpc) is 3.24. The Morgan fingerprint density at radius 1 is 1.32 bits per heavy atom. The number of hydrogen-bond acceptors (Lipinski definition) is 7. The minimum atomic E-state index is -0.624. The van der Waals surface area contributed by atoms with E-state index in [2.05, 4.69) is 15.1 Å². The number of nitrogens with zero attached hydrogens (tertiary/aromatic N) is 4. The first-order chi connectivity index (χ1) is 11.9. The lowest BCUT2D eigenvalue weighted by molar-refractivity contribution is 0.0742. The monoisotopic (exact) mass is 348 g/mol. The summed E-state index contributed by atoms with van der Waals surface area (Å²) >= 11 is 0. The molecule has 1 amide bonds. The van der Waals surface area contributed by atoms with Gasteiger partial charge in [-0.25, -0.2) is 0 Å². The van der Waals surface area contributed by atoms with Gasteiger partial charge in [-0.1, -0.05) is 6.92 Å². The highest BCUT2D eigenvalue weighted by Gasteiger charge is 2.38. The van der Waals surface area contributed by atoms with Crippen LogP contribution in [0.4, 0.5) is 0 Å². The van der Waals surface area contributed by atoms with Crippen LogP contribution in [0.3, 0.4) is 0 Å². The van der Waals surface area contributed by atoms with Gasteiger partial charge in [0.15, 0.2) is 0 Å². The number of aryl methyl sites for hydroxylation is 3. The molecule has 2 aromatic heterocycles. The molecule has 1 fully saturated rings. The van der Waals surface area contributed by atoms with E-state index >= 15 is 0 Å². The zero-order chi connectivity index (χ0) is 18.1. The quantitative estimate of drug-likeness (QED) is 0.870. The second-order valence-electron chi connectivity index (χ2n) is 6.45. The Morgan fingerprint density at radius 3 is 2.64 bits per heavy atom. The van der Waals surface area contributed by atoms with Crippen LogP contribution in [0.5, 0.6) is 0 Å². The number of aliphatic hydroxyl groups excluding tert-OH is 1. The van der Waals surface area contributed by atoms with Crippen LogP contribution in [-0.4, -0.2) is 62.8 Å². The molecule has 3 heterocycles. The van der Waals surface area contributed by atoms with Crippen molar-refractivity contribution >= 4 is 5.91 Å². The van der Waals surface area contributed by atoms with Crippen LogP contribution in [0, 0.1) is 20.8 Å². The van der Waals surface area contributed by atoms with Crippen LogP contribution >= 0.6 is 0 Å². The molecule has 0 aromatic carbocycles. The molecule has 8 heteroatoms. The van der Waals surface area contributed by atoms with Gasteiger partial charge in [-0.2, -0.15) is 0 Å². The van der Waals surface area contributed by atoms with Crippen LogP contribution in [0.25, 0.3) is 0 Å². The summed E-state index contributed by atoms with van der Waals surface area (Å²) in [6, 6.07) is 1.57. The molecule has 1 N–H and O–H groups in total. The van der Waals surface area contributed by atoms with Gasteiger partial charge in [0.05, 0.1) is 24.3 Å². The summed E-state index contributed by atoms with van der Waals surface area (Å²) in [5.41, 5.74) is 0.556. The summed E-state index contributed by atoms with van der Waals surface area (Å²) in [5.74, 6) is 2.23. The van der Waals surface area contributed by atoms with Crippen molar-refractivity contribution in [1.82, 2.24) is 20.0 Å².